The first kappa shape index (κ1) is 65.0. The molecule has 70 heavy (non-hydrogen) atoms. The molecule has 390 valence electrons. The lowest BCUT2D eigenvalue weighted by Gasteiger charge is -2.18. The van der Waals surface area contributed by atoms with Gasteiger partial charge in [-0.3, -0.25) is 14.4 Å². The maximum atomic E-state index is 12.8. The van der Waals surface area contributed by atoms with Gasteiger partial charge in [0.15, 0.2) is 6.10 Å². The monoisotopic (exact) mass is 963 g/mol. The summed E-state index contributed by atoms with van der Waals surface area (Å²) in [7, 11) is 0. The summed E-state index contributed by atoms with van der Waals surface area (Å²) in [5, 5.41) is 0. The highest BCUT2D eigenvalue weighted by molar-refractivity contribution is 5.71. The molecule has 0 aromatic rings. The normalized spacial score (nSPS) is 13.4. The van der Waals surface area contributed by atoms with Crippen molar-refractivity contribution >= 4 is 17.9 Å². The van der Waals surface area contributed by atoms with Crippen LogP contribution in [0.4, 0.5) is 0 Å². The fourth-order valence-corrected chi connectivity index (χ4v) is 6.74. The maximum absolute atomic E-state index is 12.8. The van der Waals surface area contributed by atoms with E-state index in [-0.39, 0.29) is 31.6 Å². The van der Waals surface area contributed by atoms with Crippen LogP contribution in [0.5, 0.6) is 0 Å². The first-order valence-corrected chi connectivity index (χ1v) is 27.5. The van der Waals surface area contributed by atoms with E-state index in [1.54, 1.807) is 0 Å². The summed E-state index contributed by atoms with van der Waals surface area (Å²) in [5.74, 6) is -1.06. The molecular weight excluding hydrogens is 865 g/mol. The molecule has 0 heterocycles. The molecule has 0 spiro atoms. The second-order valence-corrected chi connectivity index (χ2v) is 17.4. The Bertz CT molecular complexity index is 1620. The van der Waals surface area contributed by atoms with Crippen molar-refractivity contribution < 1.29 is 28.6 Å². The zero-order valence-electron chi connectivity index (χ0n) is 44.5. The van der Waals surface area contributed by atoms with Crippen LogP contribution in [0.2, 0.25) is 0 Å². The molecule has 0 saturated heterocycles. The van der Waals surface area contributed by atoms with Crippen molar-refractivity contribution in [3.8, 4) is 0 Å². The average Bonchev–Trinajstić information content (AvgIpc) is 3.36. The number of hydrogen-bond acceptors (Lipinski definition) is 6. The van der Waals surface area contributed by atoms with E-state index in [0.29, 0.717) is 19.3 Å². The van der Waals surface area contributed by atoms with Gasteiger partial charge in [-0.05, 0) is 116 Å². The molecule has 0 N–H and O–H groups in total. The number of ether oxygens (including phenoxy) is 3. The van der Waals surface area contributed by atoms with E-state index in [1.165, 1.54) is 32.1 Å². The van der Waals surface area contributed by atoms with Gasteiger partial charge in [0.25, 0.3) is 0 Å². The lowest BCUT2D eigenvalue weighted by atomic mass is 10.1. The Balaban J connectivity index is 4.47. The van der Waals surface area contributed by atoms with E-state index >= 15 is 0 Å². The molecule has 0 aliphatic heterocycles. The molecule has 0 rings (SSSR count). The largest absolute Gasteiger partial charge is 0.462 e. The van der Waals surface area contributed by atoms with Crippen molar-refractivity contribution in [1.82, 2.24) is 0 Å². The van der Waals surface area contributed by atoms with Gasteiger partial charge < -0.3 is 14.2 Å². The van der Waals surface area contributed by atoms with Crippen molar-refractivity contribution in [2.75, 3.05) is 13.2 Å². The molecule has 1 unspecified atom stereocenters. The Hall–Kier alpha value is -4.97. The van der Waals surface area contributed by atoms with Crippen LogP contribution in [0.25, 0.3) is 0 Å². The van der Waals surface area contributed by atoms with Gasteiger partial charge in [0.1, 0.15) is 13.2 Å². The summed E-state index contributed by atoms with van der Waals surface area (Å²) in [6.45, 7) is 6.26. The second kappa shape index (κ2) is 56.6. The van der Waals surface area contributed by atoms with Gasteiger partial charge in [0, 0.05) is 19.3 Å². The number of rotatable bonds is 47. The summed E-state index contributed by atoms with van der Waals surface area (Å²) in [6.07, 6.45) is 82.6. The van der Waals surface area contributed by atoms with Crippen molar-refractivity contribution in [3.63, 3.8) is 0 Å². The van der Waals surface area contributed by atoms with E-state index in [9.17, 15) is 14.4 Å². The molecule has 0 fully saturated rings. The Labute approximate surface area is 429 Å². The summed E-state index contributed by atoms with van der Waals surface area (Å²) >= 11 is 0. The third-order valence-corrected chi connectivity index (χ3v) is 10.8. The van der Waals surface area contributed by atoms with Crippen LogP contribution in [0.1, 0.15) is 207 Å². The van der Waals surface area contributed by atoms with Gasteiger partial charge in [-0.1, -0.05) is 230 Å². The molecule has 0 aromatic heterocycles. The number of hydrogen-bond donors (Lipinski definition) is 0. The molecule has 0 radical (unpaired) electrons. The quantitative estimate of drug-likeness (QED) is 0.0262. The van der Waals surface area contributed by atoms with Crippen LogP contribution in [-0.4, -0.2) is 37.2 Å². The zero-order valence-corrected chi connectivity index (χ0v) is 44.5. The molecule has 6 nitrogen and oxygen atoms in total. The van der Waals surface area contributed by atoms with E-state index in [2.05, 4.69) is 167 Å². The van der Waals surface area contributed by atoms with Gasteiger partial charge in [-0.15, -0.1) is 0 Å². The topological polar surface area (TPSA) is 78.9 Å². The highest BCUT2D eigenvalue weighted by atomic mass is 16.6. The van der Waals surface area contributed by atoms with Crippen LogP contribution in [-0.2, 0) is 28.6 Å². The van der Waals surface area contributed by atoms with Crippen molar-refractivity contribution in [1.29, 1.82) is 0 Å². The standard InChI is InChI=1S/C64H98O6/c1-4-7-10-13-16-19-21-23-25-27-29-30-31-32-33-34-36-37-39-41-43-45-48-51-54-57-63(66)69-60-61(59-68-62(65)56-53-50-47-18-15-12-9-6-3)70-64(67)58-55-52-49-46-44-42-40-38-35-28-26-24-22-20-17-14-11-8-5-2/h7-8,10-11,16-17,19-20,23-26,29-30,32-33,35-38,41-44,49,52,61H,4-6,9,12-15,18,21-22,27-28,31,34,39-40,45-48,50-51,53-60H2,1-3H3/b10-7-,11-8-,19-16-,20-17-,25-23-,26-24-,30-29-,33-32-,37-36-,38-35-,43-41-,44-42-,52-49-. The molecule has 6 heteroatoms. The zero-order chi connectivity index (χ0) is 50.7. The number of carbonyl (C=O) groups is 3. The molecule has 1 atom stereocenters. The minimum Gasteiger partial charge on any atom is -0.462 e. The van der Waals surface area contributed by atoms with Crippen molar-refractivity contribution in [2.45, 2.75) is 213 Å². The summed E-state index contributed by atoms with van der Waals surface area (Å²) in [4.78, 5) is 37.9. The molecule has 0 saturated carbocycles. The van der Waals surface area contributed by atoms with E-state index < -0.39 is 12.1 Å². The lowest BCUT2D eigenvalue weighted by Crippen LogP contribution is -2.30. The van der Waals surface area contributed by atoms with Gasteiger partial charge in [0.2, 0.25) is 0 Å². The van der Waals surface area contributed by atoms with Gasteiger partial charge in [-0.2, -0.15) is 0 Å². The van der Waals surface area contributed by atoms with E-state index in [4.69, 9.17) is 14.2 Å². The summed E-state index contributed by atoms with van der Waals surface area (Å²) in [5.41, 5.74) is 0. The predicted octanol–water partition coefficient (Wildman–Crippen LogP) is 18.6. The number of allylic oxidation sites excluding steroid dienone is 26. The molecule has 0 amide bonds. The minimum atomic E-state index is -0.837. The molecule has 0 bridgehead atoms. The van der Waals surface area contributed by atoms with Crippen LogP contribution in [0.3, 0.4) is 0 Å². The Morgan fingerprint density at radius 2 is 0.586 bits per heavy atom. The molecule has 0 aliphatic carbocycles. The SMILES string of the molecule is CC/C=C\C/C=C\C/C=C\C/C=C\C/C=C\C/C=C\C/C=C\CCCCCC(=O)OCC(COC(=O)CCCCCCCCCC)OC(=O)CC/C=C\C/C=C\C/C=C\C/C=C\C/C=C\C/C=C\CC. The molecule has 0 aliphatic rings. The summed E-state index contributed by atoms with van der Waals surface area (Å²) < 4.78 is 16.7. The predicted molar refractivity (Wildman–Crippen MR) is 302 cm³/mol. The smallest absolute Gasteiger partial charge is 0.306 e. The maximum Gasteiger partial charge on any atom is 0.306 e. The summed E-state index contributed by atoms with van der Waals surface area (Å²) in [6, 6.07) is 0. The number of esters is 3. The van der Waals surface area contributed by atoms with Crippen LogP contribution in [0.15, 0.2) is 158 Å². The Morgan fingerprint density at radius 1 is 0.300 bits per heavy atom. The van der Waals surface area contributed by atoms with Crippen LogP contribution < -0.4 is 0 Å². The van der Waals surface area contributed by atoms with Gasteiger partial charge in [-0.25, -0.2) is 0 Å². The Morgan fingerprint density at radius 3 is 0.929 bits per heavy atom. The minimum absolute atomic E-state index is 0.125. The van der Waals surface area contributed by atoms with Gasteiger partial charge in [0.05, 0.1) is 0 Å². The van der Waals surface area contributed by atoms with E-state index in [1.807, 2.05) is 12.2 Å². The third kappa shape index (κ3) is 54.0. The van der Waals surface area contributed by atoms with Crippen molar-refractivity contribution in [2.24, 2.45) is 0 Å². The second-order valence-electron chi connectivity index (χ2n) is 17.4. The van der Waals surface area contributed by atoms with E-state index in [0.717, 1.165) is 128 Å². The van der Waals surface area contributed by atoms with Gasteiger partial charge >= 0.3 is 17.9 Å². The van der Waals surface area contributed by atoms with Crippen LogP contribution in [0, 0.1) is 0 Å². The fraction of sp³-hybridized carbons (Fsp3) is 0.547. The Kier molecular flexibility index (Phi) is 52.6. The molecular formula is C64H98O6. The number of carbonyl (C=O) groups excluding carboxylic acids is 3. The lowest BCUT2D eigenvalue weighted by molar-refractivity contribution is -0.166. The average molecular weight is 963 g/mol. The van der Waals surface area contributed by atoms with Crippen LogP contribution >= 0.6 is 0 Å². The fourth-order valence-electron chi connectivity index (χ4n) is 6.74. The first-order valence-electron chi connectivity index (χ1n) is 27.5. The first-order chi connectivity index (χ1) is 34.5. The highest BCUT2D eigenvalue weighted by Gasteiger charge is 2.19. The van der Waals surface area contributed by atoms with Crippen molar-refractivity contribution in [3.05, 3.63) is 158 Å². The third-order valence-electron chi connectivity index (χ3n) is 10.8. The number of unbranched alkanes of at least 4 members (excludes halogenated alkanes) is 10. The molecule has 0 aromatic carbocycles. The highest BCUT2D eigenvalue weighted by Crippen LogP contribution is 2.12.